The smallest absolute Gasteiger partial charge is 0.430 e. The van der Waals surface area contributed by atoms with E-state index in [4.69, 9.17) is 18.9 Å². The Morgan fingerprint density at radius 2 is 1.17 bits per heavy atom. The van der Waals surface area contributed by atoms with Gasteiger partial charge in [-0.3, -0.25) is 9.59 Å². The maximum absolute atomic E-state index is 13.2. The van der Waals surface area contributed by atoms with E-state index in [1.807, 2.05) is 0 Å². The molecule has 0 N–H and O–H groups in total. The maximum Gasteiger partial charge on any atom is 0.514 e. The van der Waals surface area contributed by atoms with Gasteiger partial charge in [0.15, 0.2) is 5.78 Å². The summed E-state index contributed by atoms with van der Waals surface area (Å²) < 4.78 is 19.7. The SMILES string of the molecule is C=CCOC(=O)Oc1cccc2c1C(=O)c1c(OC(=O)OCC=C)cccc1C2=O. The number of rotatable bonds is 6. The molecule has 2 aromatic carbocycles. The Kier molecular flexibility index (Phi) is 6.07. The summed E-state index contributed by atoms with van der Waals surface area (Å²) in [6, 6.07) is 8.52. The van der Waals surface area contributed by atoms with Gasteiger partial charge in [0, 0.05) is 11.1 Å². The Hall–Kier alpha value is -4.20. The molecule has 1 aliphatic carbocycles. The minimum absolute atomic E-state index is 0.0490. The second kappa shape index (κ2) is 8.87. The number of ether oxygens (including phenoxy) is 4. The molecular weight excluding hydrogens is 392 g/mol. The maximum atomic E-state index is 13.2. The van der Waals surface area contributed by atoms with Gasteiger partial charge in [-0.1, -0.05) is 49.6 Å². The first-order valence-electron chi connectivity index (χ1n) is 8.74. The number of carbonyl (C=O) groups excluding carboxylic acids is 4. The first kappa shape index (κ1) is 20.5. The lowest BCUT2D eigenvalue weighted by molar-refractivity contribution is 0.0953. The molecular formula is C22H16O8. The van der Waals surface area contributed by atoms with Gasteiger partial charge in [-0.2, -0.15) is 0 Å². The highest BCUT2D eigenvalue weighted by atomic mass is 16.7. The zero-order valence-corrected chi connectivity index (χ0v) is 15.7. The van der Waals surface area contributed by atoms with Crippen LogP contribution in [0, 0.1) is 0 Å². The van der Waals surface area contributed by atoms with Crippen LogP contribution in [0.25, 0.3) is 0 Å². The monoisotopic (exact) mass is 408 g/mol. The zero-order valence-electron chi connectivity index (χ0n) is 15.7. The van der Waals surface area contributed by atoms with E-state index in [9.17, 15) is 19.2 Å². The predicted molar refractivity (Wildman–Crippen MR) is 104 cm³/mol. The van der Waals surface area contributed by atoms with E-state index < -0.39 is 23.9 Å². The van der Waals surface area contributed by atoms with E-state index in [1.165, 1.54) is 48.6 Å². The quantitative estimate of drug-likeness (QED) is 0.344. The van der Waals surface area contributed by atoms with Gasteiger partial charge in [0.05, 0.1) is 11.1 Å². The molecule has 0 atom stereocenters. The summed E-state index contributed by atoms with van der Waals surface area (Å²) in [5.74, 6) is -1.46. The lowest BCUT2D eigenvalue weighted by Gasteiger charge is -2.21. The molecule has 0 aromatic heterocycles. The van der Waals surface area contributed by atoms with Crippen LogP contribution in [0.3, 0.4) is 0 Å². The van der Waals surface area contributed by atoms with Crippen molar-refractivity contribution in [1.29, 1.82) is 0 Å². The molecule has 8 heteroatoms. The first-order valence-corrected chi connectivity index (χ1v) is 8.74. The van der Waals surface area contributed by atoms with E-state index >= 15 is 0 Å². The summed E-state index contributed by atoms with van der Waals surface area (Å²) in [6.07, 6.45) is 0.572. The van der Waals surface area contributed by atoms with Crippen molar-refractivity contribution in [3.8, 4) is 11.5 Å². The number of hydrogen-bond acceptors (Lipinski definition) is 8. The number of carbonyl (C=O) groups is 4. The lowest BCUT2D eigenvalue weighted by Crippen LogP contribution is -2.24. The lowest BCUT2D eigenvalue weighted by atomic mass is 9.83. The second-order valence-electron chi connectivity index (χ2n) is 5.92. The number of fused-ring (bicyclic) bond motifs is 2. The Morgan fingerprint density at radius 1 is 0.733 bits per heavy atom. The summed E-state index contributed by atoms with van der Waals surface area (Å²) in [7, 11) is 0. The van der Waals surface area contributed by atoms with Crippen LogP contribution in [0.1, 0.15) is 31.8 Å². The summed E-state index contributed by atoms with van der Waals surface area (Å²) in [4.78, 5) is 49.8. The molecule has 30 heavy (non-hydrogen) atoms. The molecule has 0 heterocycles. The van der Waals surface area contributed by atoms with E-state index in [0.29, 0.717) is 0 Å². The van der Waals surface area contributed by atoms with Crippen LogP contribution < -0.4 is 9.47 Å². The van der Waals surface area contributed by atoms with E-state index in [-0.39, 0.29) is 47.0 Å². The molecule has 0 aliphatic heterocycles. The van der Waals surface area contributed by atoms with Gasteiger partial charge in [0.25, 0.3) is 0 Å². The van der Waals surface area contributed by atoms with Crippen molar-refractivity contribution < 1.29 is 38.1 Å². The Morgan fingerprint density at radius 3 is 1.57 bits per heavy atom. The van der Waals surface area contributed by atoms with Crippen LogP contribution in [-0.2, 0) is 9.47 Å². The van der Waals surface area contributed by atoms with Crippen molar-refractivity contribution >= 4 is 23.9 Å². The highest BCUT2D eigenvalue weighted by Crippen LogP contribution is 2.37. The largest absolute Gasteiger partial charge is 0.514 e. The van der Waals surface area contributed by atoms with E-state index in [0.717, 1.165) is 0 Å². The molecule has 0 amide bonds. The van der Waals surface area contributed by atoms with Gasteiger partial charge < -0.3 is 18.9 Å². The molecule has 0 radical (unpaired) electrons. The average molecular weight is 408 g/mol. The molecule has 3 rings (SSSR count). The molecule has 0 saturated carbocycles. The number of benzene rings is 2. The fourth-order valence-corrected chi connectivity index (χ4v) is 2.84. The van der Waals surface area contributed by atoms with Crippen LogP contribution in [-0.4, -0.2) is 37.1 Å². The molecule has 0 unspecified atom stereocenters. The summed E-state index contributed by atoms with van der Waals surface area (Å²) in [5, 5.41) is 0. The van der Waals surface area contributed by atoms with Gasteiger partial charge >= 0.3 is 12.3 Å². The Bertz CT molecular complexity index is 985. The third-order valence-electron chi connectivity index (χ3n) is 4.02. The zero-order chi connectivity index (χ0) is 21.7. The normalized spacial score (nSPS) is 11.6. The van der Waals surface area contributed by atoms with Crippen molar-refractivity contribution in [2.24, 2.45) is 0 Å². The minimum Gasteiger partial charge on any atom is -0.430 e. The van der Waals surface area contributed by atoms with Crippen molar-refractivity contribution in [2.45, 2.75) is 0 Å². The fourth-order valence-electron chi connectivity index (χ4n) is 2.84. The molecule has 0 spiro atoms. The van der Waals surface area contributed by atoms with Crippen LogP contribution >= 0.6 is 0 Å². The van der Waals surface area contributed by atoms with Gasteiger partial charge in [0.1, 0.15) is 24.7 Å². The van der Waals surface area contributed by atoms with Gasteiger partial charge in [0.2, 0.25) is 5.78 Å². The molecule has 0 saturated heterocycles. The van der Waals surface area contributed by atoms with E-state index in [1.54, 1.807) is 0 Å². The molecule has 2 aromatic rings. The fraction of sp³-hybridized carbons (Fsp3) is 0.0909. The highest BCUT2D eigenvalue weighted by molar-refractivity contribution is 6.30. The molecule has 0 fully saturated rings. The third kappa shape index (κ3) is 3.97. The van der Waals surface area contributed by atoms with Crippen molar-refractivity contribution in [3.63, 3.8) is 0 Å². The van der Waals surface area contributed by atoms with Crippen LogP contribution in [0.2, 0.25) is 0 Å². The van der Waals surface area contributed by atoms with Crippen molar-refractivity contribution in [3.05, 3.63) is 84.0 Å². The average Bonchev–Trinajstić information content (AvgIpc) is 2.74. The van der Waals surface area contributed by atoms with Crippen LogP contribution in [0.5, 0.6) is 11.5 Å². The molecule has 8 nitrogen and oxygen atoms in total. The van der Waals surface area contributed by atoms with Gasteiger partial charge in [-0.15, -0.1) is 0 Å². The van der Waals surface area contributed by atoms with Gasteiger partial charge in [-0.25, -0.2) is 9.59 Å². The highest BCUT2D eigenvalue weighted by Gasteiger charge is 2.35. The molecule has 0 bridgehead atoms. The summed E-state index contributed by atoms with van der Waals surface area (Å²) in [6.45, 7) is 6.66. The topological polar surface area (TPSA) is 105 Å². The second-order valence-corrected chi connectivity index (χ2v) is 5.92. The molecule has 1 aliphatic rings. The summed E-state index contributed by atoms with van der Waals surface area (Å²) >= 11 is 0. The van der Waals surface area contributed by atoms with E-state index in [2.05, 4.69) is 13.2 Å². The Balaban J connectivity index is 2.01. The number of hydrogen-bond donors (Lipinski definition) is 0. The third-order valence-corrected chi connectivity index (χ3v) is 4.02. The minimum atomic E-state index is -1.06. The standard InChI is InChI=1S/C22H16O8/c1-3-11-27-21(25)29-15-9-5-7-13-17(15)20(24)18-14(19(13)23)8-6-10-16(18)30-22(26)28-12-4-2/h3-10H,1-2,11-12H2. The summed E-state index contributed by atoms with van der Waals surface area (Å²) in [5.41, 5.74) is -0.178. The predicted octanol–water partition coefficient (Wildman–Crippen LogP) is 3.86. The Labute approximate surface area is 171 Å². The van der Waals surface area contributed by atoms with Crippen LogP contribution in [0.4, 0.5) is 9.59 Å². The first-order chi connectivity index (χ1) is 14.5. The molecule has 152 valence electrons. The van der Waals surface area contributed by atoms with Gasteiger partial charge in [-0.05, 0) is 12.1 Å². The van der Waals surface area contributed by atoms with Crippen molar-refractivity contribution in [1.82, 2.24) is 0 Å². The number of ketones is 2. The van der Waals surface area contributed by atoms with Crippen LogP contribution in [0.15, 0.2) is 61.7 Å². The van der Waals surface area contributed by atoms with Crippen molar-refractivity contribution in [2.75, 3.05) is 13.2 Å².